The van der Waals surface area contributed by atoms with E-state index in [1.54, 1.807) is 0 Å². The minimum atomic E-state index is -4.72. The van der Waals surface area contributed by atoms with Gasteiger partial charge in [-0.2, -0.15) is 0 Å². The summed E-state index contributed by atoms with van der Waals surface area (Å²) in [7, 11) is -4.72. The zero-order chi connectivity index (χ0) is 37.8. The number of carboxylic acids is 1. The fourth-order valence-corrected chi connectivity index (χ4v) is 5.38. The molecule has 0 aliphatic carbocycles. The smallest absolute Gasteiger partial charge is 0.472 e. The summed E-state index contributed by atoms with van der Waals surface area (Å²) in [5, 5.41) is 8.85. The van der Waals surface area contributed by atoms with E-state index in [-0.39, 0.29) is 19.4 Å². The average Bonchev–Trinajstić information content (AvgIpc) is 3.10. The number of ether oxygens (including phenoxy) is 2. The number of rotatable bonds is 34. The van der Waals surface area contributed by atoms with Crippen molar-refractivity contribution in [2.24, 2.45) is 5.73 Å². The van der Waals surface area contributed by atoms with Crippen LogP contribution >= 0.6 is 7.82 Å². The maximum Gasteiger partial charge on any atom is 0.472 e. The molecule has 292 valence electrons. The first-order valence-electron chi connectivity index (χ1n) is 18.9. The molecule has 1 unspecified atom stereocenters. The first-order valence-corrected chi connectivity index (χ1v) is 20.4. The summed E-state index contributed by atoms with van der Waals surface area (Å²) in [5.74, 6) is -2.43. The Bertz CT molecular complexity index is 1100. The number of carbonyl (C=O) groups is 3. The molecule has 0 aliphatic rings. The number of allylic oxidation sites excluding steroid dienone is 10. The highest BCUT2D eigenvalue weighted by atomic mass is 31.2. The molecule has 0 radical (unpaired) electrons. The number of hydrogen-bond donors (Lipinski definition) is 3. The molecular formula is C39H66NO10P. The third-order valence-electron chi connectivity index (χ3n) is 7.59. The van der Waals surface area contributed by atoms with Crippen LogP contribution in [0.3, 0.4) is 0 Å². The van der Waals surface area contributed by atoms with Crippen molar-refractivity contribution in [2.75, 3.05) is 19.8 Å². The molecule has 3 atom stereocenters. The van der Waals surface area contributed by atoms with Crippen LogP contribution in [-0.2, 0) is 37.5 Å². The molecule has 0 aromatic carbocycles. The molecule has 12 heteroatoms. The van der Waals surface area contributed by atoms with E-state index in [9.17, 15) is 23.8 Å². The molecule has 0 aromatic rings. The zero-order valence-corrected chi connectivity index (χ0v) is 32.1. The summed E-state index contributed by atoms with van der Waals surface area (Å²) in [6.07, 6.45) is 37.2. The first-order chi connectivity index (χ1) is 24.6. The van der Waals surface area contributed by atoms with Crippen LogP contribution < -0.4 is 5.73 Å². The van der Waals surface area contributed by atoms with Gasteiger partial charge in [0, 0.05) is 12.8 Å². The molecule has 11 nitrogen and oxygen atoms in total. The minimum absolute atomic E-state index is 0.142. The van der Waals surface area contributed by atoms with Gasteiger partial charge in [0.05, 0.1) is 13.2 Å². The largest absolute Gasteiger partial charge is 0.480 e. The van der Waals surface area contributed by atoms with Crippen molar-refractivity contribution < 1.29 is 47.5 Å². The molecule has 0 bridgehead atoms. The molecular weight excluding hydrogens is 673 g/mol. The maximum absolute atomic E-state index is 12.5. The molecule has 0 fully saturated rings. The summed E-state index contributed by atoms with van der Waals surface area (Å²) in [4.78, 5) is 45.7. The van der Waals surface area contributed by atoms with Gasteiger partial charge >= 0.3 is 25.7 Å². The van der Waals surface area contributed by atoms with Crippen LogP contribution in [0.1, 0.15) is 136 Å². The Morgan fingerprint density at radius 3 is 1.71 bits per heavy atom. The number of carboxylic acid groups (broad SMARTS) is 1. The van der Waals surface area contributed by atoms with Gasteiger partial charge in [0.1, 0.15) is 12.6 Å². The summed E-state index contributed by atoms with van der Waals surface area (Å²) in [6.45, 7) is 2.57. The highest BCUT2D eigenvalue weighted by Crippen LogP contribution is 2.43. The second-order valence-corrected chi connectivity index (χ2v) is 13.9. The van der Waals surface area contributed by atoms with E-state index >= 15 is 0 Å². The van der Waals surface area contributed by atoms with Gasteiger partial charge in [-0.05, 0) is 57.8 Å². The predicted molar refractivity (Wildman–Crippen MR) is 203 cm³/mol. The fourth-order valence-electron chi connectivity index (χ4n) is 4.60. The van der Waals surface area contributed by atoms with E-state index in [1.807, 2.05) is 36.5 Å². The van der Waals surface area contributed by atoms with E-state index in [0.29, 0.717) is 12.8 Å². The third kappa shape index (κ3) is 34.1. The van der Waals surface area contributed by atoms with Crippen LogP contribution in [0.2, 0.25) is 0 Å². The van der Waals surface area contributed by atoms with Gasteiger partial charge in [-0.15, -0.1) is 0 Å². The van der Waals surface area contributed by atoms with Gasteiger partial charge in [-0.1, -0.05) is 126 Å². The molecule has 0 saturated heterocycles. The standard InChI is InChI=1S/C39H66NO10P/c1-3-5-7-9-11-13-15-17-18-19-21-22-24-26-28-30-37(41)47-32-35(33-48-51(45,46)49-34-36(40)39(43)44)50-38(42)31-29-27-25-23-20-16-14-12-10-8-6-4-2/h5,7,9,11-15,17-18,35-36H,3-4,6,8,10,16,19-34,40H2,1-2H3,(H,43,44)(H,45,46)/b7-5+,11-9+,14-12+,15-13+,18-17+/t35-,36+/m1/s1. The van der Waals surface area contributed by atoms with Gasteiger partial charge in [-0.3, -0.25) is 23.4 Å². The Balaban J connectivity index is 4.51. The lowest BCUT2D eigenvalue weighted by atomic mass is 10.1. The number of phosphoric ester groups is 1. The number of phosphoric acid groups is 1. The first kappa shape index (κ1) is 48.2. The van der Waals surface area contributed by atoms with Crippen LogP contribution in [-0.4, -0.2) is 59.9 Å². The van der Waals surface area contributed by atoms with Crippen molar-refractivity contribution in [3.05, 3.63) is 60.8 Å². The highest BCUT2D eigenvalue weighted by Gasteiger charge is 2.28. The van der Waals surface area contributed by atoms with Crippen molar-refractivity contribution in [2.45, 2.75) is 148 Å². The molecule has 0 aromatic heterocycles. The SMILES string of the molecule is CC/C=C/C=C/C=C/C=C/CCCCCCCC(=O)OC[C@H](COP(=O)(O)OC[C@H](N)C(=O)O)OC(=O)CCCCCCC/C=C/CCCCC. The van der Waals surface area contributed by atoms with Crippen molar-refractivity contribution in [3.8, 4) is 0 Å². The number of esters is 2. The zero-order valence-electron chi connectivity index (χ0n) is 31.2. The lowest BCUT2D eigenvalue weighted by Gasteiger charge is -2.20. The van der Waals surface area contributed by atoms with Crippen LogP contribution in [0.5, 0.6) is 0 Å². The number of hydrogen-bond acceptors (Lipinski definition) is 9. The number of nitrogens with two attached hydrogens (primary N) is 1. The molecule has 51 heavy (non-hydrogen) atoms. The van der Waals surface area contributed by atoms with Gasteiger partial charge in [0.25, 0.3) is 0 Å². The molecule has 4 N–H and O–H groups in total. The molecule has 0 heterocycles. The molecule has 0 amide bonds. The Kier molecular flexibility index (Phi) is 32.4. The molecule has 0 rings (SSSR count). The Labute approximate surface area is 307 Å². The lowest BCUT2D eigenvalue weighted by molar-refractivity contribution is -0.161. The van der Waals surface area contributed by atoms with E-state index in [0.717, 1.165) is 77.0 Å². The quantitative estimate of drug-likeness (QED) is 0.0189. The Morgan fingerprint density at radius 1 is 0.627 bits per heavy atom. The van der Waals surface area contributed by atoms with Gasteiger partial charge < -0.3 is 25.2 Å². The van der Waals surface area contributed by atoms with Gasteiger partial charge in [-0.25, -0.2) is 4.57 Å². The normalized spacial score (nSPS) is 14.6. The Morgan fingerprint density at radius 2 is 1.12 bits per heavy atom. The molecule has 0 saturated carbocycles. The molecule has 0 spiro atoms. The summed E-state index contributed by atoms with van der Waals surface area (Å²) in [5.41, 5.74) is 5.31. The minimum Gasteiger partial charge on any atom is -0.480 e. The highest BCUT2D eigenvalue weighted by molar-refractivity contribution is 7.47. The second kappa shape index (κ2) is 34.3. The van der Waals surface area contributed by atoms with Gasteiger partial charge in [0.15, 0.2) is 6.10 Å². The summed E-state index contributed by atoms with van der Waals surface area (Å²) in [6, 6.07) is -1.53. The monoisotopic (exact) mass is 739 g/mol. The predicted octanol–water partition coefficient (Wildman–Crippen LogP) is 9.22. The Hall–Kier alpha value is -2.82. The number of carbonyl (C=O) groups excluding carboxylic acids is 2. The van der Waals surface area contributed by atoms with E-state index in [1.165, 1.54) is 19.3 Å². The van der Waals surface area contributed by atoms with Gasteiger partial charge in [0.2, 0.25) is 0 Å². The number of aliphatic carboxylic acids is 1. The topological polar surface area (TPSA) is 172 Å². The fraction of sp³-hybridized carbons (Fsp3) is 0.667. The third-order valence-corrected chi connectivity index (χ3v) is 8.54. The molecule has 0 aliphatic heterocycles. The lowest BCUT2D eigenvalue weighted by Crippen LogP contribution is -2.34. The van der Waals surface area contributed by atoms with Crippen LogP contribution in [0.15, 0.2) is 60.8 Å². The van der Waals surface area contributed by atoms with Crippen LogP contribution in [0.4, 0.5) is 0 Å². The van der Waals surface area contributed by atoms with Crippen molar-refractivity contribution in [1.82, 2.24) is 0 Å². The van der Waals surface area contributed by atoms with Crippen LogP contribution in [0, 0.1) is 0 Å². The van der Waals surface area contributed by atoms with E-state index < -0.39 is 51.1 Å². The van der Waals surface area contributed by atoms with E-state index in [2.05, 4.69) is 42.7 Å². The average molecular weight is 740 g/mol. The van der Waals surface area contributed by atoms with Crippen LogP contribution in [0.25, 0.3) is 0 Å². The van der Waals surface area contributed by atoms with Crippen molar-refractivity contribution in [1.29, 1.82) is 0 Å². The second-order valence-electron chi connectivity index (χ2n) is 12.4. The van der Waals surface area contributed by atoms with Crippen molar-refractivity contribution in [3.63, 3.8) is 0 Å². The van der Waals surface area contributed by atoms with Crippen molar-refractivity contribution >= 4 is 25.7 Å². The van der Waals surface area contributed by atoms with E-state index in [4.69, 9.17) is 24.8 Å². The summed E-state index contributed by atoms with van der Waals surface area (Å²) < 4.78 is 32.5. The number of unbranched alkanes of at least 4 members (excludes halogenated alkanes) is 13. The summed E-state index contributed by atoms with van der Waals surface area (Å²) >= 11 is 0. The maximum atomic E-state index is 12.5.